The van der Waals surface area contributed by atoms with Crippen molar-refractivity contribution in [3.63, 3.8) is 0 Å². The molecule has 3 aliphatic rings. The Morgan fingerprint density at radius 3 is 2.63 bits per heavy atom. The monoisotopic (exact) mass is 370 g/mol. The Morgan fingerprint density at radius 2 is 1.89 bits per heavy atom. The molecule has 3 fully saturated rings. The van der Waals surface area contributed by atoms with E-state index in [1.54, 1.807) is 12.1 Å². The van der Waals surface area contributed by atoms with Crippen molar-refractivity contribution in [3.8, 4) is 0 Å². The van der Waals surface area contributed by atoms with Gasteiger partial charge in [-0.3, -0.25) is 15.0 Å². The molecule has 1 saturated carbocycles. The zero-order valence-corrected chi connectivity index (χ0v) is 15.1. The molecule has 2 aliphatic heterocycles. The number of carbonyl (C=O) groups is 2. The second-order valence-corrected chi connectivity index (χ2v) is 8.12. The maximum Gasteiger partial charge on any atom is 0.328 e. The van der Waals surface area contributed by atoms with Crippen molar-refractivity contribution in [1.82, 2.24) is 15.2 Å². The summed E-state index contributed by atoms with van der Waals surface area (Å²) in [6.07, 6.45) is 6.91. The van der Waals surface area contributed by atoms with E-state index in [0.717, 1.165) is 31.4 Å². The number of aromatic nitrogens is 1. The number of hydrogen-bond donors (Lipinski definition) is 2. The lowest BCUT2D eigenvalue weighted by molar-refractivity contribution is -0.120. The van der Waals surface area contributed by atoms with Gasteiger partial charge in [-0.25, -0.2) is 9.18 Å². The van der Waals surface area contributed by atoms with Crippen molar-refractivity contribution in [2.75, 3.05) is 24.5 Å². The van der Waals surface area contributed by atoms with Gasteiger partial charge in [0.2, 0.25) is 5.91 Å². The van der Waals surface area contributed by atoms with Gasteiger partial charge in [-0.15, -0.1) is 0 Å². The molecule has 5 rings (SSSR count). The molecule has 2 aromatic rings. The smallest absolute Gasteiger partial charge is 0.328 e. The molecule has 1 aromatic heterocycles. The average molecular weight is 370 g/mol. The highest BCUT2D eigenvalue weighted by atomic mass is 19.1. The molecule has 2 saturated heterocycles. The number of halogens is 1. The normalized spacial score (nSPS) is 22.9. The zero-order chi connectivity index (χ0) is 18.6. The fraction of sp³-hybridized carbons (Fsp3) is 0.500. The van der Waals surface area contributed by atoms with E-state index in [2.05, 4.69) is 15.2 Å². The minimum Gasteiger partial charge on any atom is -0.344 e. The molecule has 3 heterocycles. The van der Waals surface area contributed by atoms with E-state index < -0.39 is 11.8 Å². The van der Waals surface area contributed by atoms with E-state index in [4.69, 9.17) is 0 Å². The first kappa shape index (κ1) is 16.7. The number of carbonyl (C=O) groups excluding carboxylic acids is 2. The number of nitrogens with zero attached hydrogens (tertiary/aromatic N) is 2. The summed E-state index contributed by atoms with van der Waals surface area (Å²) in [5.74, 6) is -0.715. The third-order valence-corrected chi connectivity index (χ3v) is 6.56. The van der Waals surface area contributed by atoms with Crippen molar-refractivity contribution in [2.24, 2.45) is 5.41 Å². The second-order valence-electron chi connectivity index (χ2n) is 8.12. The van der Waals surface area contributed by atoms with Crippen LogP contribution in [0.25, 0.3) is 10.9 Å². The summed E-state index contributed by atoms with van der Waals surface area (Å²) in [5, 5.41) is 6.20. The van der Waals surface area contributed by atoms with Gasteiger partial charge in [0, 0.05) is 30.6 Å². The van der Waals surface area contributed by atoms with Crippen LogP contribution in [0.4, 0.5) is 14.9 Å². The van der Waals surface area contributed by atoms with E-state index in [1.807, 2.05) is 12.3 Å². The molecule has 27 heavy (non-hydrogen) atoms. The van der Waals surface area contributed by atoms with Crippen molar-refractivity contribution < 1.29 is 14.0 Å². The number of anilines is 1. The van der Waals surface area contributed by atoms with E-state index >= 15 is 4.39 Å². The van der Waals surface area contributed by atoms with Gasteiger partial charge < -0.3 is 9.88 Å². The topological polar surface area (TPSA) is 66.4 Å². The van der Waals surface area contributed by atoms with Crippen LogP contribution in [-0.4, -0.2) is 36.1 Å². The van der Waals surface area contributed by atoms with E-state index in [-0.39, 0.29) is 24.6 Å². The SMILES string of the molecule is O=C1CCN(c2ccc3c(ccn3C3CC4(CCNCC4)C3)c2F)C(=O)N1. The molecular formula is C20H23FN4O2. The van der Waals surface area contributed by atoms with Crippen molar-refractivity contribution in [3.05, 3.63) is 30.2 Å². The summed E-state index contributed by atoms with van der Waals surface area (Å²) >= 11 is 0. The van der Waals surface area contributed by atoms with Crippen LogP contribution in [0.3, 0.4) is 0 Å². The fourth-order valence-corrected chi connectivity index (χ4v) is 5.01. The third-order valence-electron chi connectivity index (χ3n) is 6.56. The number of fused-ring (bicyclic) bond motifs is 1. The minimum atomic E-state index is -0.559. The summed E-state index contributed by atoms with van der Waals surface area (Å²) in [6.45, 7) is 2.39. The Balaban J connectivity index is 1.42. The highest BCUT2D eigenvalue weighted by Gasteiger charge is 2.45. The molecule has 0 radical (unpaired) electrons. The second kappa shape index (κ2) is 6.05. The largest absolute Gasteiger partial charge is 0.344 e. The number of rotatable bonds is 2. The molecule has 1 aliphatic carbocycles. The van der Waals surface area contributed by atoms with Crippen LogP contribution in [0, 0.1) is 11.2 Å². The summed E-state index contributed by atoms with van der Waals surface area (Å²) < 4.78 is 17.3. The Labute approximate surface area is 156 Å². The van der Waals surface area contributed by atoms with Crippen LogP contribution in [-0.2, 0) is 4.79 Å². The van der Waals surface area contributed by atoms with Gasteiger partial charge in [0.25, 0.3) is 0 Å². The molecule has 0 atom stereocenters. The van der Waals surface area contributed by atoms with Crippen LogP contribution in [0.15, 0.2) is 24.4 Å². The Kier molecular flexibility index (Phi) is 3.75. The first-order valence-corrected chi connectivity index (χ1v) is 9.67. The molecule has 1 spiro atoms. The quantitative estimate of drug-likeness (QED) is 0.854. The molecule has 0 unspecified atom stereocenters. The van der Waals surface area contributed by atoms with Crippen molar-refractivity contribution >= 4 is 28.5 Å². The predicted molar refractivity (Wildman–Crippen MR) is 100 cm³/mol. The zero-order valence-electron chi connectivity index (χ0n) is 15.1. The van der Waals surface area contributed by atoms with Gasteiger partial charge in [-0.1, -0.05) is 0 Å². The number of imide groups is 1. The van der Waals surface area contributed by atoms with E-state index in [9.17, 15) is 9.59 Å². The molecular weight excluding hydrogens is 347 g/mol. The van der Waals surface area contributed by atoms with Crippen LogP contribution in [0.1, 0.15) is 38.1 Å². The van der Waals surface area contributed by atoms with Gasteiger partial charge in [-0.2, -0.15) is 0 Å². The molecule has 6 nitrogen and oxygen atoms in total. The molecule has 1 aromatic carbocycles. The lowest BCUT2D eigenvalue weighted by atomic mass is 9.60. The van der Waals surface area contributed by atoms with Crippen molar-refractivity contribution in [1.29, 1.82) is 0 Å². The summed E-state index contributed by atoms with van der Waals surface area (Å²) in [5.41, 5.74) is 1.57. The van der Waals surface area contributed by atoms with Gasteiger partial charge in [-0.05, 0) is 62.4 Å². The maximum absolute atomic E-state index is 15.1. The molecule has 0 bridgehead atoms. The number of piperidine rings is 1. The standard InChI is InChI=1S/C20H23FN4O2/c21-18-14-3-9-24(13-11-20(12-13)5-7-22-8-6-20)15(14)1-2-16(18)25-10-4-17(26)23-19(25)27/h1-3,9,13,22H,4-8,10-12H2,(H,23,26,27). The van der Waals surface area contributed by atoms with Crippen LogP contribution in [0.5, 0.6) is 0 Å². The van der Waals surface area contributed by atoms with Gasteiger partial charge in [0.05, 0.1) is 11.2 Å². The van der Waals surface area contributed by atoms with E-state index in [0.29, 0.717) is 16.8 Å². The molecule has 142 valence electrons. The van der Waals surface area contributed by atoms with Crippen LogP contribution >= 0.6 is 0 Å². The van der Waals surface area contributed by atoms with Gasteiger partial charge >= 0.3 is 6.03 Å². The minimum absolute atomic E-state index is 0.184. The number of hydrogen-bond acceptors (Lipinski definition) is 3. The Hall–Kier alpha value is -2.41. The number of urea groups is 1. The summed E-state index contributed by atoms with van der Waals surface area (Å²) in [7, 11) is 0. The third kappa shape index (κ3) is 2.64. The number of amides is 3. The number of nitrogens with one attached hydrogen (secondary N) is 2. The lowest BCUT2D eigenvalue weighted by Crippen LogP contribution is -2.49. The first-order chi connectivity index (χ1) is 13.1. The highest BCUT2D eigenvalue weighted by Crippen LogP contribution is 2.54. The lowest BCUT2D eigenvalue weighted by Gasteiger charge is -2.51. The maximum atomic E-state index is 15.1. The Bertz CT molecular complexity index is 923. The number of benzene rings is 1. The van der Waals surface area contributed by atoms with Gasteiger partial charge in [0.15, 0.2) is 5.82 Å². The molecule has 3 amide bonds. The highest BCUT2D eigenvalue weighted by molar-refractivity contribution is 6.06. The van der Waals surface area contributed by atoms with Gasteiger partial charge in [0.1, 0.15) is 0 Å². The van der Waals surface area contributed by atoms with Crippen LogP contribution in [0.2, 0.25) is 0 Å². The fourth-order valence-electron chi connectivity index (χ4n) is 5.01. The summed E-state index contributed by atoms with van der Waals surface area (Å²) in [6, 6.07) is 5.21. The first-order valence-electron chi connectivity index (χ1n) is 9.67. The van der Waals surface area contributed by atoms with Crippen LogP contribution < -0.4 is 15.5 Å². The van der Waals surface area contributed by atoms with E-state index in [1.165, 1.54) is 17.7 Å². The predicted octanol–water partition coefficient (Wildman–Crippen LogP) is 2.93. The van der Waals surface area contributed by atoms with Crippen molar-refractivity contribution in [2.45, 2.75) is 38.1 Å². The molecule has 7 heteroatoms. The molecule has 2 N–H and O–H groups in total. The Morgan fingerprint density at radius 1 is 1.11 bits per heavy atom. The average Bonchev–Trinajstić information content (AvgIpc) is 3.06. The summed E-state index contributed by atoms with van der Waals surface area (Å²) in [4.78, 5) is 24.7.